The lowest BCUT2D eigenvalue weighted by molar-refractivity contribution is 0.0957. The van der Waals surface area contributed by atoms with Crippen LogP contribution in [0.5, 0.6) is 0 Å². The fourth-order valence-corrected chi connectivity index (χ4v) is 1.80. The normalized spacial score (nSPS) is 9.85. The number of benzene rings is 1. The first-order valence-electron chi connectivity index (χ1n) is 6.35. The summed E-state index contributed by atoms with van der Waals surface area (Å²) in [6.45, 7) is 4.02. The molecule has 0 saturated carbocycles. The van der Waals surface area contributed by atoms with Crippen molar-refractivity contribution in [1.29, 1.82) is 0 Å². The SMILES string of the molecule is C=CCNC(=O)c1cncc(N(C)c2ccccc2)c1. The Morgan fingerprint density at radius 2 is 2.05 bits per heavy atom. The fraction of sp³-hybridized carbons (Fsp3) is 0.125. The van der Waals surface area contributed by atoms with E-state index in [0.29, 0.717) is 12.1 Å². The highest BCUT2D eigenvalue weighted by Crippen LogP contribution is 2.22. The van der Waals surface area contributed by atoms with E-state index in [4.69, 9.17) is 0 Å². The Kier molecular flexibility index (Phi) is 4.50. The van der Waals surface area contributed by atoms with Gasteiger partial charge in [-0.3, -0.25) is 9.78 Å². The van der Waals surface area contributed by atoms with Crippen LogP contribution in [0.1, 0.15) is 10.4 Å². The maximum atomic E-state index is 11.9. The smallest absolute Gasteiger partial charge is 0.253 e. The van der Waals surface area contributed by atoms with Gasteiger partial charge < -0.3 is 10.2 Å². The molecule has 1 heterocycles. The van der Waals surface area contributed by atoms with Gasteiger partial charge in [0.1, 0.15) is 0 Å². The fourth-order valence-electron chi connectivity index (χ4n) is 1.80. The molecule has 1 amide bonds. The molecule has 0 aliphatic carbocycles. The van der Waals surface area contributed by atoms with Crippen LogP contribution in [0, 0.1) is 0 Å². The van der Waals surface area contributed by atoms with Crippen LogP contribution in [-0.4, -0.2) is 24.5 Å². The van der Waals surface area contributed by atoms with Crippen molar-refractivity contribution in [2.45, 2.75) is 0 Å². The number of carbonyl (C=O) groups is 1. The van der Waals surface area contributed by atoms with Gasteiger partial charge in [-0.05, 0) is 18.2 Å². The minimum absolute atomic E-state index is 0.152. The molecule has 0 saturated heterocycles. The summed E-state index contributed by atoms with van der Waals surface area (Å²) in [6.07, 6.45) is 4.93. The van der Waals surface area contributed by atoms with E-state index in [1.165, 1.54) is 0 Å². The Morgan fingerprint density at radius 1 is 1.30 bits per heavy atom. The van der Waals surface area contributed by atoms with Crippen LogP contribution in [0.2, 0.25) is 0 Å². The van der Waals surface area contributed by atoms with Crippen LogP contribution in [0.3, 0.4) is 0 Å². The third kappa shape index (κ3) is 3.23. The first-order chi connectivity index (χ1) is 9.72. The van der Waals surface area contributed by atoms with Crippen molar-refractivity contribution in [2.24, 2.45) is 0 Å². The summed E-state index contributed by atoms with van der Waals surface area (Å²) in [5, 5.41) is 2.74. The first-order valence-corrected chi connectivity index (χ1v) is 6.35. The highest BCUT2D eigenvalue weighted by Gasteiger charge is 2.09. The largest absolute Gasteiger partial charge is 0.349 e. The van der Waals surface area contributed by atoms with Crippen molar-refractivity contribution in [3.63, 3.8) is 0 Å². The highest BCUT2D eigenvalue weighted by molar-refractivity contribution is 5.95. The first kappa shape index (κ1) is 13.8. The molecule has 1 aromatic heterocycles. The lowest BCUT2D eigenvalue weighted by Crippen LogP contribution is -2.23. The van der Waals surface area contributed by atoms with E-state index in [-0.39, 0.29) is 5.91 Å². The number of nitrogens with one attached hydrogen (secondary N) is 1. The number of aromatic nitrogens is 1. The molecule has 0 unspecified atom stereocenters. The maximum Gasteiger partial charge on any atom is 0.253 e. The van der Waals surface area contributed by atoms with E-state index in [1.54, 1.807) is 18.5 Å². The lowest BCUT2D eigenvalue weighted by Gasteiger charge is -2.19. The van der Waals surface area contributed by atoms with Crippen LogP contribution in [0.25, 0.3) is 0 Å². The number of anilines is 2. The molecule has 0 spiro atoms. The molecule has 4 heteroatoms. The number of para-hydroxylation sites is 1. The van der Waals surface area contributed by atoms with Gasteiger partial charge in [0.05, 0.1) is 17.4 Å². The molecular formula is C16H17N3O. The van der Waals surface area contributed by atoms with Gasteiger partial charge in [0, 0.05) is 25.5 Å². The second-order valence-electron chi connectivity index (χ2n) is 4.33. The third-order valence-electron chi connectivity index (χ3n) is 2.92. The number of carbonyl (C=O) groups excluding carboxylic acids is 1. The van der Waals surface area contributed by atoms with Gasteiger partial charge in [-0.1, -0.05) is 24.3 Å². The number of rotatable bonds is 5. The number of amides is 1. The molecule has 0 radical (unpaired) electrons. The topological polar surface area (TPSA) is 45.2 Å². The van der Waals surface area contributed by atoms with E-state index in [2.05, 4.69) is 16.9 Å². The lowest BCUT2D eigenvalue weighted by atomic mass is 10.2. The van der Waals surface area contributed by atoms with Crippen molar-refractivity contribution >= 4 is 17.3 Å². The zero-order valence-corrected chi connectivity index (χ0v) is 11.4. The Labute approximate surface area is 118 Å². The van der Waals surface area contributed by atoms with Gasteiger partial charge in [0.25, 0.3) is 5.91 Å². The summed E-state index contributed by atoms with van der Waals surface area (Å²) in [5.74, 6) is -0.152. The quantitative estimate of drug-likeness (QED) is 0.847. The number of nitrogens with zero attached hydrogens (tertiary/aromatic N) is 2. The Morgan fingerprint density at radius 3 is 2.75 bits per heavy atom. The van der Waals surface area contributed by atoms with Gasteiger partial charge in [-0.2, -0.15) is 0 Å². The van der Waals surface area contributed by atoms with Crippen molar-refractivity contribution in [1.82, 2.24) is 10.3 Å². The molecule has 20 heavy (non-hydrogen) atoms. The summed E-state index contributed by atoms with van der Waals surface area (Å²) in [5.41, 5.74) is 2.44. The van der Waals surface area contributed by atoms with Gasteiger partial charge in [0.15, 0.2) is 0 Å². The molecule has 102 valence electrons. The van der Waals surface area contributed by atoms with Crippen LogP contribution in [-0.2, 0) is 0 Å². The molecular weight excluding hydrogens is 250 g/mol. The zero-order valence-electron chi connectivity index (χ0n) is 11.4. The molecule has 1 N–H and O–H groups in total. The van der Waals surface area contributed by atoms with Crippen molar-refractivity contribution in [3.05, 3.63) is 67.0 Å². The monoisotopic (exact) mass is 267 g/mol. The van der Waals surface area contributed by atoms with Gasteiger partial charge in [-0.25, -0.2) is 0 Å². The summed E-state index contributed by atoms with van der Waals surface area (Å²) in [6, 6.07) is 11.7. The molecule has 0 aliphatic heterocycles. The number of hydrogen-bond donors (Lipinski definition) is 1. The third-order valence-corrected chi connectivity index (χ3v) is 2.92. The molecule has 0 aliphatic rings. The average molecular weight is 267 g/mol. The van der Waals surface area contributed by atoms with Crippen LogP contribution < -0.4 is 10.2 Å². The number of hydrogen-bond acceptors (Lipinski definition) is 3. The average Bonchev–Trinajstić information content (AvgIpc) is 2.52. The molecule has 0 atom stereocenters. The minimum atomic E-state index is -0.152. The molecule has 1 aromatic carbocycles. The standard InChI is InChI=1S/C16H17N3O/c1-3-9-18-16(20)13-10-15(12-17-11-13)19(2)14-7-5-4-6-8-14/h3-8,10-12H,1,9H2,2H3,(H,18,20). The Bertz CT molecular complexity index is 596. The van der Waals surface area contributed by atoms with Crippen LogP contribution in [0.4, 0.5) is 11.4 Å². The predicted octanol–water partition coefficient (Wildman–Crippen LogP) is 2.77. The van der Waals surface area contributed by atoms with Gasteiger partial charge in [-0.15, -0.1) is 6.58 Å². The molecule has 4 nitrogen and oxygen atoms in total. The van der Waals surface area contributed by atoms with Crippen LogP contribution in [0.15, 0.2) is 61.4 Å². The summed E-state index contributed by atoms with van der Waals surface area (Å²) in [4.78, 5) is 18.0. The molecule has 2 rings (SSSR count). The van der Waals surface area contributed by atoms with Crippen molar-refractivity contribution in [2.75, 3.05) is 18.5 Å². The highest BCUT2D eigenvalue weighted by atomic mass is 16.1. The second kappa shape index (κ2) is 6.52. The summed E-state index contributed by atoms with van der Waals surface area (Å²) >= 11 is 0. The van der Waals surface area contributed by atoms with E-state index < -0.39 is 0 Å². The van der Waals surface area contributed by atoms with E-state index >= 15 is 0 Å². The van der Waals surface area contributed by atoms with E-state index in [1.807, 2.05) is 48.3 Å². The summed E-state index contributed by atoms with van der Waals surface area (Å²) in [7, 11) is 1.94. The summed E-state index contributed by atoms with van der Waals surface area (Å²) < 4.78 is 0. The number of pyridine rings is 1. The van der Waals surface area contributed by atoms with Gasteiger partial charge >= 0.3 is 0 Å². The second-order valence-corrected chi connectivity index (χ2v) is 4.33. The Hall–Kier alpha value is -2.62. The van der Waals surface area contributed by atoms with E-state index in [9.17, 15) is 4.79 Å². The van der Waals surface area contributed by atoms with Crippen molar-refractivity contribution in [3.8, 4) is 0 Å². The molecule has 0 fully saturated rings. The van der Waals surface area contributed by atoms with Gasteiger partial charge in [0.2, 0.25) is 0 Å². The predicted molar refractivity (Wildman–Crippen MR) is 81.3 cm³/mol. The Balaban J connectivity index is 2.21. The molecule has 0 bridgehead atoms. The van der Waals surface area contributed by atoms with Crippen LogP contribution >= 0.6 is 0 Å². The zero-order chi connectivity index (χ0) is 14.4. The van der Waals surface area contributed by atoms with Crippen molar-refractivity contribution < 1.29 is 4.79 Å². The molecule has 2 aromatic rings. The maximum absolute atomic E-state index is 11.9. The minimum Gasteiger partial charge on any atom is -0.349 e. The van der Waals surface area contributed by atoms with E-state index in [0.717, 1.165) is 11.4 Å².